The van der Waals surface area contributed by atoms with Gasteiger partial charge in [0.05, 0.1) is 23.5 Å². The number of benzene rings is 1. The second-order valence-corrected chi connectivity index (χ2v) is 6.40. The van der Waals surface area contributed by atoms with Gasteiger partial charge >= 0.3 is 0 Å². The molecule has 2 N–H and O–H groups in total. The molecule has 22 heavy (non-hydrogen) atoms. The quantitative estimate of drug-likeness (QED) is 0.488. The molecular weight excluding hydrogens is 328 g/mol. The van der Waals surface area contributed by atoms with E-state index < -0.39 is 11.0 Å². The van der Waals surface area contributed by atoms with E-state index in [2.05, 4.69) is 11.9 Å². The second-order valence-electron chi connectivity index (χ2n) is 4.58. The molecule has 0 radical (unpaired) electrons. The van der Waals surface area contributed by atoms with Gasteiger partial charge in [-0.05, 0) is 24.6 Å². The number of rotatable bonds is 5. The Morgan fingerprint density at radius 1 is 1.45 bits per heavy atom. The van der Waals surface area contributed by atoms with Gasteiger partial charge in [-0.15, -0.1) is 4.47 Å². The van der Waals surface area contributed by atoms with Gasteiger partial charge in [0.15, 0.2) is 16.7 Å². The number of carbonyl (C=O) groups is 1. The number of phenolic OH excluding ortho intramolecular Hbond substituents is 1. The highest BCUT2D eigenvalue weighted by atomic mass is 35.5. The summed E-state index contributed by atoms with van der Waals surface area (Å²) < 4.78 is 13.3. The molecule has 0 saturated heterocycles. The molecule has 0 aliphatic heterocycles. The summed E-state index contributed by atoms with van der Waals surface area (Å²) in [5.41, 5.74) is 1.72. The standard InChI is InChI=1S/C14H15ClN2O4S/c1-7-8(2)12(18)11(7)16-10-6-5-9(15)14(13(10)19)22(20)17(3)21-4/h5-6,16,19H,2H2,1,3-4H3. The number of aromatic hydroxyl groups is 1. The lowest BCUT2D eigenvalue weighted by Crippen LogP contribution is -2.26. The predicted octanol–water partition coefficient (Wildman–Crippen LogP) is 2.39. The number of ketones is 1. The minimum Gasteiger partial charge on any atom is -0.504 e. The van der Waals surface area contributed by atoms with Crippen molar-refractivity contribution in [3.05, 3.63) is 40.6 Å². The average molecular weight is 343 g/mol. The summed E-state index contributed by atoms with van der Waals surface area (Å²) in [6.07, 6.45) is 0. The minimum atomic E-state index is -1.81. The fourth-order valence-electron chi connectivity index (χ4n) is 1.87. The Labute approximate surface area is 135 Å². The molecule has 0 spiro atoms. The summed E-state index contributed by atoms with van der Waals surface area (Å²) in [4.78, 5) is 16.6. The van der Waals surface area contributed by atoms with Crippen molar-refractivity contribution in [2.75, 3.05) is 19.5 Å². The van der Waals surface area contributed by atoms with Crippen LogP contribution in [-0.2, 0) is 20.6 Å². The Kier molecular flexibility index (Phi) is 4.72. The van der Waals surface area contributed by atoms with E-state index in [9.17, 15) is 14.1 Å². The summed E-state index contributed by atoms with van der Waals surface area (Å²) in [7, 11) is 0.973. The van der Waals surface area contributed by atoms with E-state index in [4.69, 9.17) is 16.4 Å². The average Bonchev–Trinajstić information content (AvgIpc) is 2.52. The zero-order chi connectivity index (χ0) is 16.6. The summed E-state index contributed by atoms with van der Waals surface area (Å²) in [6.45, 7) is 5.37. The van der Waals surface area contributed by atoms with Gasteiger partial charge < -0.3 is 10.4 Å². The smallest absolute Gasteiger partial charge is 0.209 e. The lowest BCUT2D eigenvalue weighted by Gasteiger charge is -2.24. The predicted molar refractivity (Wildman–Crippen MR) is 84.8 cm³/mol. The first kappa shape index (κ1) is 16.7. The number of carbonyl (C=O) groups excluding carboxylic acids is 1. The van der Waals surface area contributed by atoms with Crippen LogP contribution in [0.3, 0.4) is 0 Å². The molecule has 0 saturated carbocycles. The highest BCUT2D eigenvalue weighted by Crippen LogP contribution is 2.39. The van der Waals surface area contributed by atoms with Crippen molar-refractivity contribution in [3.8, 4) is 5.75 Å². The number of nitrogens with one attached hydrogen (secondary N) is 1. The maximum Gasteiger partial charge on any atom is 0.209 e. The Morgan fingerprint density at radius 3 is 2.64 bits per heavy atom. The molecule has 1 aromatic rings. The normalized spacial score (nSPS) is 16.0. The Balaban J connectivity index is 2.42. The first-order chi connectivity index (χ1) is 10.3. The summed E-state index contributed by atoms with van der Waals surface area (Å²) in [6, 6.07) is 2.98. The van der Waals surface area contributed by atoms with Crippen LogP contribution in [0.2, 0.25) is 5.02 Å². The van der Waals surface area contributed by atoms with Crippen molar-refractivity contribution in [2.24, 2.45) is 0 Å². The van der Waals surface area contributed by atoms with E-state index in [1.165, 1.54) is 26.3 Å². The lowest BCUT2D eigenvalue weighted by molar-refractivity contribution is -0.113. The molecule has 0 heterocycles. The van der Waals surface area contributed by atoms with Crippen molar-refractivity contribution in [3.63, 3.8) is 0 Å². The molecule has 0 amide bonds. The topological polar surface area (TPSA) is 78.9 Å². The zero-order valence-corrected chi connectivity index (χ0v) is 13.8. The summed E-state index contributed by atoms with van der Waals surface area (Å²) in [5, 5.41) is 13.3. The van der Waals surface area contributed by atoms with Gasteiger partial charge in [-0.3, -0.25) is 9.63 Å². The number of hydrogen-bond donors (Lipinski definition) is 2. The largest absolute Gasteiger partial charge is 0.504 e. The maximum absolute atomic E-state index is 12.3. The van der Waals surface area contributed by atoms with E-state index >= 15 is 0 Å². The van der Waals surface area contributed by atoms with Crippen LogP contribution in [0.15, 0.2) is 40.5 Å². The molecule has 0 fully saturated rings. The highest BCUT2D eigenvalue weighted by Gasteiger charge is 2.30. The van der Waals surface area contributed by atoms with Crippen LogP contribution in [-0.4, -0.2) is 33.7 Å². The van der Waals surface area contributed by atoms with Gasteiger partial charge in [0.25, 0.3) is 0 Å². The third-order valence-corrected chi connectivity index (χ3v) is 5.14. The Bertz CT molecular complexity index is 730. The first-order valence-corrected chi connectivity index (χ1v) is 7.71. The third-order valence-electron chi connectivity index (χ3n) is 3.34. The van der Waals surface area contributed by atoms with Crippen LogP contribution in [0, 0.1) is 0 Å². The molecule has 1 unspecified atom stereocenters. The van der Waals surface area contributed by atoms with Gasteiger partial charge in [-0.2, -0.15) is 0 Å². The first-order valence-electron chi connectivity index (χ1n) is 6.22. The molecular formula is C14H15ClN2O4S. The number of phenols is 1. The van der Waals surface area contributed by atoms with Crippen LogP contribution in [0.1, 0.15) is 6.92 Å². The molecule has 6 nitrogen and oxygen atoms in total. The van der Waals surface area contributed by atoms with E-state index in [1.807, 2.05) is 0 Å². The van der Waals surface area contributed by atoms with E-state index in [1.54, 1.807) is 6.92 Å². The van der Waals surface area contributed by atoms with Crippen LogP contribution in [0.25, 0.3) is 0 Å². The molecule has 8 heteroatoms. The molecule has 1 aromatic carbocycles. The Morgan fingerprint density at radius 2 is 2.09 bits per heavy atom. The van der Waals surface area contributed by atoms with Crippen LogP contribution >= 0.6 is 11.6 Å². The van der Waals surface area contributed by atoms with Crippen molar-refractivity contribution in [1.82, 2.24) is 4.47 Å². The maximum atomic E-state index is 12.3. The second kappa shape index (κ2) is 6.21. The molecule has 0 aromatic heterocycles. The van der Waals surface area contributed by atoms with Crippen LogP contribution < -0.4 is 5.32 Å². The van der Waals surface area contributed by atoms with Gasteiger partial charge in [0.1, 0.15) is 4.90 Å². The number of nitrogens with zero attached hydrogens (tertiary/aromatic N) is 1. The number of allylic oxidation sites excluding steroid dienone is 2. The molecule has 1 aliphatic carbocycles. The molecule has 118 valence electrons. The van der Waals surface area contributed by atoms with Gasteiger partial charge in [0.2, 0.25) is 5.78 Å². The number of anilines is 1. The fraction of sp³-hybridized carbons (Fsp3) is 0.214. The van der Waals surface area contributed by atoms with Crippen molar-refractivity contribution in [2.45, 2.75) is 11.8 Å². The van der Waals surface area contributed by atoms with Crippen molar-refractivity contribution in [1.29, 1.82) is 0 Å². The molecule has 0 bridgehead atoms. The third kappa shape index (κ3) is 2.68. The van der Waals surface area contributed by atoms with Crippen LogP contribution in [0.5, 0.6) is 5.75 Å². The number of hydroxylamine groups is 1. The number of Topliss-reactive ketones (excluding diaryl/α,β-unsaturated/α-hetero) is 1. The van der Waals surface area contributed by atoms with Gasteiger partial charge in [-0.1, -0.05) is 18.2 Å². The molecule has 1 aliphatic rings. The Hall–Kier alpha value is -1.67. The number of halogens is 1. The van der Waals surface area contributed by atoms with Crippen molar-refractivity contribution >= 4 is 34.1 Å². The summed E-state index contributed by atoms with van der Waals surface area (Å²) >= 11 is 6.01. The minimum absolute atomic E-state index is 0.000122. The fourth-order valence-corrected chi connectivity index (χ4v) is 3.13. The summed E-state index contributed by atoms with van der Waals surface area (Å²) in [5.74, 6) is -0.524. The molecule has 2 rings (SSSR count). The lowest BCUT2D eigenvalue weighted by atomic mass is 9.88. The monoisotopic (exact) mass is 342 g/mol. The van der Waals surface area contributed by atoms with Crippen molar-refractivity contribution < 1.29 is 18.9 Å². The van der Waals surface area contributed by atoms with E-state index in [0.29, 0.717) is 11.3 Å². The highest BCUT2D eigenvalue weighted by molar-refractivity contribution is 7.82. The van der Waals surface area contributed by atoms with Crippen LogP contribution in [0.4, 0.5) is 5.69 Å². The van der Waals surface area contributed by atoms with E-state index in [-0.39, 0.29) is 27.1 Å². The molecule has 1 atom stereocenters. The van der Waals surface area contributed by atoms with E-state index in [0.717, 1.165) is 10.0 Å². The zero-order valence-electron chi connectivity index (χ0n) is 12.3. The van der Waals surface area contributed by atoms with Gasteiger partial charge in [0, 0.05) is 12.6 Å². The number of hydrogen-bond acceptors (Lipinski definition) is 5. The van der Waals surface area contributed by atoms with Gasteiger partial charge in [-0.25, -0.2) is 4.21 Å². The SMILES string of the molecule is C=C1C(=O)C(Nc2ccc(Cl)c(S(=O)N(C)OC)c2O)=C1C.